The maximum absolute atomic E-state index is 12.8. The molecule has 0 aliphatic carbocycles. The number of carbonyl (C=O) groups excluding carboxylic acids is 1. The quantitative estimate of drug-likeness (QED) is 0.903. The topological polar surface area (TPSA) is 101 Å². The van der Waals surface area contributed by atoms with Crippen molar-refractivity contribution >= 4 is 5.91 Å². The van der Waals surface area contributed by atoms with Crippen LogP contribution in [-0.4, -0.2) is 46.1 Å². The number of hydrogen-bond acceptors (Lipinski definition) is 6. The highest BCUT2D eigenvalue weighted by atomic mass is 16.5. The molecule has 24 heavy (non-hydrogen) atoms. The minimum atomic E-state index is -0.370. The fraction of sp³-hybridized carbons (Fsp3) is 0.500. The van der Waals surface area contributed by atoms with Crippen molar-refractivity contribution in [3.63, 3.8) is 0 Å². The molecular formula is C16H20N4O4. The monoisotopic (exact) mass is 332 g/mol. The molecule has 0 spiro atoms. The molecule has 1 aliphatic heterocycles. The van der Waals surface area contributed by atoms with Crippen molar-refractivity contribution in [1.82, 2.24) is 20.0 Å². The Labute approximate surface area is 138 Å². The van der Waals surface area contributed by atoms with Crippen molar-refractivity contribution in [1.29, 1.82) is 0 Å². The molecule has 8 heteroatoms. The SMILES string of the molecule is COCc1c(C(=O)N2CCCC(c3ccnc(=O)[nH]3)C2)noc1C. The zero-order valence-corrected chi connectivity index (χ0v) is 13.7. The van der Waals surface area contributed by atoms with E-state index in [2.05, 4.69) is 15.1 Å². The Kier molecular flexibility index (Phi) is 4.75. The van der Waals surface area contributed by atoms with Gasteiger partial charge in [-0.25, -0.2) is 9.78 Å². The van der Waals surface area contributed by atoms with E-state index in [0.717, 1.165) is 18.5 Å². The average molecular weight is 332 g/mol. The van der Waals surface area contributed by atoms with Gasteiger partial charge >= 0.3 is 5.69 Å². The highest BCUT2D eigenvalue weighted by Gasteiger charge is 2.30. The number of aromatic nitrogens is 3. The van der Waals surface area contributed by atoms with E-state index in [1.165, 1.54) is 6.20 Å². The fourth-order valence-electron chi connectivity index (χ4n) is 3.06. The van der Waals surface area contributed by atoms with E-state index in [1.54, 1.807) is 25.0 Å². The van der Waals surface area contributed by atoms with Crippen LogP contribution in [0.15, 0.2) is 21.6 Å². The van der Waals surface area contributed by atoms with E-state index in [0.29, 0.717) is 30.1 Å². The summed E-state index contributed by atoms with van der Waals surface area (Å²) in [5.74, 6) is 0.504. The second kappa shape index (κ2) is 6.96. The molecule has 8 nitrogen and oxygen atoms in total. The highest BCUT2D eigenvalue weighted by Crippen LogP contribution is 2.26. The van der Waals surface area contributed by atoms with Gasteiger partial charge in [-0.3, -0.25) is 4.79 Å². The minimum Gasteiger partial charge on any atom is -0.380 e. The predicted molar refractivity (Wildman–Crippen MR) is 84.7 cm³/mol. The number of carbonyl (C=O) groups is 1. The van der Waals surface area contributed by atoms with E-state index in [4.69, 9.17) is 9.26 Å². The molecule has 2 aromatic heterocycles. The van der Waals surface area contributed by atoms with Crippen molar-refractivity contribution < 1.29 is 14.1 Å². The third-order valence-electron chi connectivity index (χ3n) is 4.32. The van der Waals surface area contributed by atoms with Gasteiger partial charge in [0.15, 0.2) is 5.69 Å². The second-order valence-electron chi connectivity index (χ2n) is 5.92. The number of nitrogens with zero attached hydrogens (tertiary/aromatic N) is 3. The van der Waals surface area contributed by atoms with Gasteiger partial charge in [0, 0.05) is 38.0 Å². The van der Waals surface area contributed by atoms with Gasteiger partial charge in [-0.2, -0.15) is 0 Å². The molecule has 1 unspecified atom stereocenters. The molecule has 1 atom stereocenters. The minimum absolute atomic E-state index is 0.0808. The van der Waals surface area contributed by atoms with Crippen molar-refractivity contribution in [2.24, 2.45) is 0 Å². The average Bonchev–Trinajstić information content (AvgIpc) is 2.96. The van der Waals surface area contributed by atoms with Crippen LogP contribution in [-0.2, 0) is 11.3 Å². The number of aromatic amines is 1. The van der Waals surface area contributed by atoms with Crippen LogP contribution in [0.25, 0.3) is 0 Å². The van der Waals surface area contributed by atoms with Crippen LogP contribution >= 0.6 is 0 Å². The number of aryl methyl sites for hydroxylation is 1. The molecule has 1 fully saturated rings. The van der Waals surface area contributed by atoms with Crippen molar-refractivity contribution in [3.05, 3.63) is 45.5 Å². The van der Waals surface area contributed by atoms with Crippen LogP contribution in [0.3, 0.4) is 0 Å². The summed E-state index contributed by atoms with van der Waals surface area (Å²) >= 11 is 0. The summed E-state index contributed by atoms with van der Waals surface area (Å²) in [6.07, 6.45) is 3.26. The van der Waals surface area contributed by atoms with Gasteiger partial charge < -0.3 is 19.1 Å². The molecule has 1 N–H and O–H groups in total. The standard InChI is InChI=1S/C16H20N4O4/c1-10-12(9-23-2)14(19-24-10)15(21)20-7-3-4-11(8-20)13-5-6-17-16(22)18-13/h5-6,11H,3-4,7-9H2,1-2H3,(H,17,18,22). The Bertz CT molecular complexity index is 782. The van der Waals surface area contributed by atoms with E-state index >= 15 is 0 Å². The number of hydrogen-bond donors (Lipinski definition) is 1. The first-order valence-electron chi connectivity index (χ1n) is 7.88. The van der Waals surface area contributed by atoms with Crippen molar-refractivity contribution in [2.45, 2.75) is 32.3 Å². The molecule has 0 aromatic carbocycles. The van der Waals surface area contributed by atoms with E-state index in [1.807, 2.05) is 0 Å². The number of rotatable bonds is 4. The number of amides is 1. The van der Waals surface area contributed by atoms with Gasteiger partial charge in [0.2, 0.25) is 0 Å². The normalized spacial score (nSPS) is 17.9. The molecule has 128 valence electrons. The summed E-state index contributed by atoms with van der Waals surface area (Å²) in [7, 11) is 1.57. The number of ether oxygens (including phenoxy) is 1. The molecule has 0 saturated carbocycles. The third-order valence-corrected chi connectivity index (χ3v) is 4.32. The smallest absolute Gasteiger partial charge is 0.345 e. The summed E-state index contributed by atoms with van der Waals surface area (Å²) in [6, 6.07) is 1.79. The molecule has 3 heterocycles. The molecule has 2 aromatic rings. The Hall–Kier alpha value is -2.48. The Morgan fingerprint density at radius 3 is 3.12 bits per heavy atom. The van der Waals surface area contributed by atoms with Crippen LogP contribution < -0.4 is 5.69 Å². The number of H-pyrrole nitrogens is 1. The van der Waals surface area contributed by atoms with Gasteiger partial charge in [-0.05, 0) is 25.8 Å². The molecule has 0 radical (unpaired) electrons. The molecule has 1 amide bonds. The van der Waals surface area contributed by atoms with Gasteiger partial charge in [-0.1, -0.05) is 5.16 Å². The number of methoxy groups -OCH3 is 1. The lowest BCUT2D eigenvalue weighted by Gasteiger charge is -2.32. The zero-order valence-electron chi connectivity index (χ0n) is 13.7. The molecular weight excluding hydrogens is 312 g/mol. The molecule has 0 bridgehead atoms. The van der Waals surface area contributed by atoms with Gasteiger partial charge in [0.1, 0.15) is 5.76 Å². The summed E-state index contributed by atoms with van der Waals surface area (Å²) < 4.78 is 10.3. The zero-order chi connectivity index (χ0) is 17.1. The predicted octanol–water partition coefficient (Wildman–Crippen LogP) is 1.23. The first-order valence-corrected chi connectivity index (χ1v) is 7.88. The Balaban J connectivity index is 1.79. The summed E-state index contributed by atoms with van der Waals surface area (Å²) in [4.78, 5) is 32.4. The van der Waals surface area contributed by atoms with Crippen LogP contribution in [0, 0.1) is 6.92 Å². The maximum Gasteiger partial charge on any atom is 0.345 e. The number of piperidine rings is 1. The van der Waals surface area contributed by atoms with E-state index in [9.17, 15) is 9.59 Å². The van der Waals surface area contributed by atoms with Crippen LogP contribution in [0.2, 0.25) is 0 Å². The molecule has 1 aliphatic rings. The Morgan fingerprint density at radius 2 is 2.38 bits per heavy atom. The Morgan fingerprint density at radius 1 is 1.54 bits per heavy atom. The number of likely N-dealkylation sites (tertiary alicyclic amines) is 1. The first-order chi connectivity index (χ1) is 11.6. The lowest BCUT2D eigenvalue weighted by atomic mass is 9.94. The highest BCUT2D eigenvalue weighted by molar-refractivity contribution is 5.93. The largest absolute Gasteiger partial charge is 0.380 e. The van der Waals surface area contributed by atoms with Crippen LogP contribution in [0.5, 0.6) is 0 Å². The van der Waals surface area contributed by atoms with Crippen molar-refractivity contribution in [3.8, 4) is 0 Å². The third kappa shape index (κ3) is 3.23. The second-order valence-corrected chi connectivity index (χ2v) is 5.92. The van der Waals surface area contributed by atoms with Gasteiger partial charge in [0.25, 0.3) is 5.91 Å². The van der Waals surface area contributed by atoms with Crippen molar-refractivity contribution in [2.75, 3.05) is 20.2 Å². The lowest BCUT2D eigenvalue weighted by molar-refractivity contribution is 0.0691. The maximum atomic E-state index is 12.8. The molecule has 3 rings (SSSR count). The summed E-state index contributed by atoms with van der Waals surface area (Å²) in [6.45, 7) is 3.23. The lowest BCUT2D eigenvalue weighted by Crippen LogP contribution is -2.40. The van der Waals surface area contributed by atoms with Crippen LogP contribution in [0.1, 0.15) is 46.3 Å². The van der Waals surface area contributed by atoms with Crippen LogP contribution in [0.4, 0.5) is 0 Å². The van der Waals surface area contributed by atoms with Gasteiger partial charge in [-0.15, -0.1) is 0 Å². The summed E-state index contributed by atoms with van der Waals surface area (Å²) in [5, 5.41) is 3.91. The van der Waals surface area contributed by atoms with E-state index in [-0.39, 0.29) is 24.1 Å². The molecule has 1 saturated heterocycles. The van der Waals surface area contributed by atoms with E-state index < -0.39 is 0 Å². The van der Waals surface area contributed by atoms with Gasteiger partial charge in [0.05, 0.1) is 12.2 Å². The summed E-state index contributed by atoms with van der Waals surface area (Å²) in [5.41, 5.74) is 1.42. The first kappa shape index (κ1) is 16.4. The fourth-order valence-corrected chi connectivity index (χ4v) is 3.06. The number of nitrogens with one attached hydrogen (secondary N) is 1.